The van der Waals surface area contributed by atoms with Gasteiger partial charge in [-0.05, 0) is 0 Å². The maximum absolute atomic E-state index is 3.64. The van der Waals surface area contributed by atoms with Gasteiger partial charge in [0.05, 0.1) is 0 Å². The molecule has 0 heterocycles. The molecule has 38 valence electrons. The van der Waals surface area contributed by atoms with Gasteiger partial charge in [-0.1, -0.05) is 0 Å². The molecule has 0 unspecified atom stereocenters. The summed E-state index contributed by atoms with van der Waals surface area (Å²) in [5, 5.41) is 0. The Hall–Kier alpha value is 0.363. The fourth-order valence-electron chi connectivity index (χ4n) is 0.287. The van der Waals surface area contributed by atoms with Crippen molar-refractivity contribution in [2.45, 2.75) is 8.26 Å². The van der Waals surface area contributed by atoms with Crippen LogP contribution >= 0.6 is 0 Å². The van der Waals surface area contributed by atoms with Crippen LogP contribution in [-0.2, 0) is 23.2 Å². The van der Waals surface area contributed by atoms with Crippen molar-refractivity contribution in [1.29, 1.82) is 0 Å². The molecule has 0 rings (SSSR count). The van der Waals surface area contributed by atoms with E-state index in [1.807, 2.05) is 12.2 Å². The van der Waals surface area contributed by atoms with Crippen LogP contribution in [0, 0.1) is 0 Å². The van der Waals surface area contributed by atoms with Crippen LogP contribution in [-0.4, -0.2) is 0 Å². The topological polar surface area (TPSA) is 0 Å². The summed E-state index contributed by atoms with van der Waals surface area (Å²) in [5.74, 6) is 0. The van der Waals surface area contributed by atoms with Crippen LogP contribution in [0.2, 0.25) is 8.26 Å². The first-order valence-electron chi connectivity index (χ1n) is 2.34. The molecule has 0 aromatic rings. The Labute approximate surface area is 56.9 Å². The van der Waals surface area contributed by atoms with Gasteiger partial charge in [0.15, 0.2) is 0 Å². The number of hydrogen-bond donors (Lipinski definition) is 0. The van der Waals surface area contributed by atoms with E-state index in [1.165, 1.54) is 8.26 Å². The molecule has 0 radical (unpaired) electrons. The number of rotatable bonds is 4. The Balaban J connectivity index is 2.68. The summed E-state index contributed by atoms with van der Waals surface area (Å²) >= 11 is -0.0547. The molecule has 1 heteroatoms. The summed E-state index contributed by atoms with van der Waals surface area (Å²) in [6.07, 6.45) is 4.02. The fourth-order valence-corrected chi connectivity index (χ4v) is 1.70. The summed E-state index contributed by atoms with van der Waals surface area (Å²) in [7, 11) is 0. The van der Waals surface area contributed by atoms with Crippen molar-refractivity contribution in [1.82, 2.24) is 0 Å². The van der Waals surface area contributed by atoms with Crippen molar-refractivity contribution < 1.29 is 23.2 Å². The SMILES string of the molecule is C=C[CH2][Zr][CH2]C=C. The Kier molecular flexibility index (Phi) is 6.69. The fraction of sp³-hybridized carbons (Fsp3) is 0.333. The van der Waals surface area contributed by atoms with Crippen molar-refractivity contribution in [3.05, 3.63) is 25.3 Å². The zero-order chi connectivity index (χ0) is 5.54. The Morgan fingerprint density at radius 3 is 1.86 bits per heavy atom. The van der Waals surface area contributed by atoms with E-state index in [-0.39, 0.29) is 23.2 Å². The molecule has 0 saturated carbocycles. The van der Waals surface area contributed by atoms with E-state index < -0.39 is 0 Å². The van der Waals surface area contributed by atoms with E-state index in [0.717, 1.165) is 0 Å². The van der Waals surface area contributed by atoms with Crippen LogP contribution in [0.15, 0.2) is 25.3 Å². The van der Waals surface area contributed by atoms with E-state index in [4.69, 9.17) is 0 Å². The quantitative estimate of drug-likeness (QED) is 0.452. The summed E-state index contributed by atoms with van der Waals surface area (Å²) in [5.41, 5.74) is 0. The third-order valence-corrected chi connectivity index (χ3v) is 3.42. The van der Waals surface area contributed by atoms with Gasteiger partial charge in [0.25, 0.3) is 0 Å². The predicted octanol–water partition coefficient (Wildman–Crippen LogP) is 2.28. The summed E-state index contributed by atoms with van der Waals surface area (Å²) < 4.78 is 2.57. The molecule has 0 bridgehead atoms. The Morgan fingerprint density at radius 1 is 1.14 bits per heavy atom. The molecule has 0 aliphatic carbocycles. The van der Waals surface area contributed by atoms with Gasteiger partial charge in [-0.3, -0.25) is 0 Å². The van der Waals surface area contributed by atoms with Crippen molar-refractivity contribution in [2.24, 2.45) is 0 Å². The van der Waals surface area contributed by atoms with Crippen LogP contribution in [0.5, 0.6) is 0 Å². The molecule has 0 aliphatic rings. The van der Waals surface area contributed by atoms with Crippen LogP contribution in [0.4, 0.5) is 0 Å². The molecule has 0 spiro atoms. The first-order chi connectivity index (χ1) is 3.41. The summed E-state index contributed by atoms with van der Waals surface area (Å²) in [6, 6.07) is 0. The third-order valence-electron chi connectivity index (χ3n) is 0.577. The molecule has 0 aliphatic heterocycles. The van der Waals surface area contributed by atoms with Crippen LogP contribution < -0.4 is 0 Å². The predicted molar refractivity (Wildman–Crippen MR) is 30.0 cm³/mol. The van der Waals surface area contributed by atoms with Gasteiger partial charge < -0.3 is 0 Å². The monoisotopic (exact) mass is 172 g/mol. The summed E-state index contributed by atoms with van der Waals surface area (Å²) in [4.78, 5) is 0. The molecule has 0 aromatic carbocycles. The molecule has 0 fully saturated rings. The van der Waals surface area contributed by atoms with E-state index in [0.29, 0.717) is 0 Å². The average Bonchev–Trinajstić information content (AvgIpc) is 1.69. The molecule has 0 amide bonds. The van der Waals surface area contributed by atoms with Crippen molar-refractivity contribution in [2.75, 3.05) is 0 Å². The second-order valence-corrected chi connectivity index (χ2v) is 4.47. The average molecular weight is 173 g/mol. The first kappa shape index (κ1) is 7.36. The molecule has 7 heavy (non-hydrogen) atoms. The van der Waals surface area contributed by atoms with Gasteiger partial charge in [0.2, 0.25) is 0 Å². The van der Waals surface area contributed by atoms with E-state index >= 15 is 0 Å². The maximum atomic E-state index is 3.64. The Bertz CT molecular complexity index is 49.2. The molecule has 0 atom stereocenters. The molecular weight excluding hydrogens is 163 g/mol. The third kappa shape index (κ3) is 6.36. The van der Waals surface area contributed by atoms with Gasteiger partial charge in [0, 0.05) is 0 Å². The Morgan fingerprint density at radius 2 is 1.57 bits per heavy atom. The molecule has 0 aromatic heterocycles. The van der Waals surface area contributed by atoms with E-state index in [2.05, 4.69) is 13.2 Å². The van der Waals surface area contributed by atoms with Crippen molar-refractivity contribution in [3.63, 3.8) is 0 Å². The van der Waals surface area contributed by atoms with Crippen LogP contribution in [0.1, 0.15) is 0 Å². The standard InChI is InChI=1S/2C3H5.Zr/c2*1-3-2;/h2*3H,1-2H2;. The molecular formula is C6H10Zr. The minimum atomic E-state index is -0.0547. The van der Waals surface area contributed by atoms with Crippen molar-refractivity contribution in [3.8, 4) is 0 Å². The number of allylic oxidation sites excluding steroid dienone is 2. The zero-order valence-corrected chi connectivity index (χ0v) is 6.94. The normalized spacial score (nSPS) is 7.43. The number of hydrogen-bond acceptors (Lipinski definition) is 0. The summed E-state index contributed by atoms with van der Waals surface area (Å²) in [6.45, 7) is 7.28. The second-order valence-electron chi connectivity index (χ2n) is 1.24. The zero-order valence-electron chi connectivity index (χ0n) is 4.48. The van der Waals surface area contributed by atoms with E-state index in [1.54, 1.807) is 0 Å². The van der Waals surface area contributed by atoms with E-state index in [9.17, 15) is 0 Å². The first-order valence-corrected chi connectivity index (χ1v) is 5.82. The minimum absolute atomic E-state index is 0.0547. The van der Waals surface area contributed by atoms with Gasteiger partial charge >= 0.3 is 56.8 Å². The molecule has 0 nitrogen and oxygen atoms in total. The van der Waals surface area contributed by atoms with Gasteiger partial charge in [0.1, 0.15) is 0 Å². The van der Waals surface area contributed by atoms with Gasteiger partial charge in [-0.25, -0.2) is 0 Å². The van der Waals surface area contributed by atoms with Crippen molar-refractivity contribution >= 4 is 0 Å². The second kappa shape index (κ2) is 6.36. The molecule has 0 saturated heterocycles. The molecule has 0 N–H and O–H groups in total. The van der Waals surface area contributed by atoms with Gasteiger partial charge in [-0.15, -0.1) is 0 Å². The van der Waals surface area contributed by atoms with Crippen LogP contribution in [0.25, 0.3) is 0 Å². The van der Waals surface area contributed by atoms with Crippen LogP contribution in [0.3, 0.4) is 0 Å². The van der Waals surface area contributed by atoms with Gasteiger partial charge in [-0.2, -0.15) is 0 Å².